The van der Waals surface area contributed by atoms with Crippen LogP contribution in [-0.2, 0) is 21.9 Å². The van der Waals surface area contributed by atoms with Gasteiger partial charge >= 0.3 is 5.97 Å². The van der Waals surface area contributed by atoms with Gasteiger partial charge in [-0.15, -0.1) is 0 Å². The molecule has 1 N–H and O–H groups in total. The van der Waals surface area contributed by atoms with E-state index in [-0.39, 0.29) is 17.1 Å². The third-order valence-electron chi connectivity index (χ3n) is 2.94. The van der Waals surface area contributed by atoms with E-state index in [1.54, 1.807) is 14.0 Å². The van der Waals surface area contributed by atoms with Gasteiger partial charge in [-0.05, 0) is 35.4 Å². The Hall–Kier alpha value is -1.51. The summed E-state index contributed by atoms with van der Waals surface area (Å²) in [6.45, 7) is 1.69. The second-order valence-corrected chi connectivity index (χ2v) is 4.03. The number of hydrogen-bond acceptors (Lipinski definition) is 2. The van der Waals surface area contributed by atoms with E-state index in [0.29, 0.717) is 0 Å². The average Bonchev–Trinajstić information content (AvgIpc) is 2.36. The van der Waals surface area contributed by atoms with Gasteiger partial charge in [-0.3, -0.25) is 4.79 Å². The summed E-state index contributed by atoms with van der Waals surface area (Å²) in [7, 11) is 1.63. The van der Waals surface area contributed by atoms with Crippen molar-refractivity contribution in [2.45, 2.75) is 12.8 Å². The summed E-state index contributed by atoms with van der Waals surface area (Å²) in [5, 5.41) is 11.0. The summed E-state index contributed by atoms with van der Waals surface area (Å²) < 4.78 is 5.14. The molecule has 0 aliphatic carbocycles. The van der Waals surface area contributed by atoms with Crippen LogP contribution in [0.3, 0.4) is 0 Å². The smallest absolute Gasteiger partial charge is 0.310 e. The molecule has 0 spiro atoms. The van der Waals surface area contributed by atoms with Crippen LogP contribution in [0.1, 0.15) is 18.4 Å². The molecule has 2 rings (SSSR count). The van der Waals surface area contributed by atoms with Crippen molar-refractivity contribution in [3.8, 4) is 5.75 Å². The molecule has 18 heavy (non-hydrogen) atoms. The van der Waals surface area contributed by atoms with Gasteiger partial charge in [-0.25, -0.2) is 0 Å². The number of rotatable bonds is 3. The zero-order valence-corrected chi connectivity index (χ0v) is 11.0. The van der Waals surface area contributed by atoms with Crippen LogP contribution in [0.15, 0.2) is 36.4 Å². The van der Waals surface area contributed by atoms with Crippen molar-refractivity contribution in [2.24, 2.45) is 0 Å². The summed E-state index contributed by atoms with van der Waals surface area (Å²) in [4.78, 5) is 10.9. The first-order valence-corrected chi connectivity index (χ1v) is 5.42. The van der Waals surface area contributed by atoms with E-state index < -0.39 is 11.9 Å². The summed E-state index contributed by atoms with van der Waals surface area (Å²) >= 11 is 0. The molecule has 1 unspecified atom stereocenters. The third-order valence-corrected chi connectivity index (χ3v) is 2.94. The van der Waals surface area contributed by atoms with Crippen LogP contribution < -0.4 is 4.74 Å². The Morgan fingerprint density at radius 2 is 1.78 bits per heavy atom. The topological polar surface area (TPSA) is 46.5 Å². The van der Waals surface area contributed by atoms with Gasteiger partial charge in [0.05, 0.1) is 13.0 Å². The average molecular weight is 294 g/mol. The van der Waals surface area contributed by atoms with Crippen molar-refractivity contribution in [3.05, 3.63) is 42.0 Å². The molecule has 0 aromatic heterocycles. The van der Waals surface area contributed by atoms with Gasteiger partial charge in [0.15, 0.2) is 0 Å². The van der Waals surface area contributed by atoms with Crippen LogP contribution in [0.4, 0.5) is 0 Å². The molecular weight excluding hydrogens is 280 g/mol. The summed E-state index contributed by atoms with van der Waals surface area (Å²) in [5.74, 6) is -0.490. The fraction of sp³-hybridized carbons (Fsp3) is 0.214. The molecule has 2 aromatic carbocycles. The van der Waals surface area contributed by atoms with Gasteiger partial charge in [0.2, 0.25) is 0 Å². The van der Waals surface area contributed by atoms with Crippen molar-refractivity contribution >= 4 is 16.7 Å². The maximum Gasteiger partial charge on any atom is 0.310 e. The number of benzene rings is 2. The van der Waals surface area contributed by atoms with Gasteiger partial charge < -0.3 is 9.84 Å². The molecule has 0 fully saturated rings. The number of carboxylic acids is 1. The number of methoxy groups -OCH3 is 1. The molecule has 0 bridgehead atoms. The maximum atomic E-state index is 10.9. The van der Waals surface area contributed by atoms with E-state index >= 15 is 0 Å². The Labute approximate surface area is 116 Å². The van der Waals surface area contributed by atoms with E-state index in [2.05, 4.69) is 0 Å². The molecule has 1 radical (unpaired) electrons. The molecule has 0 heterocycles. The van der Waals surface area contributed by atoms with Crippen LogP contribution in [0.2, 0.25) is 0 Å². The Kier molecular flexibility index (Phi) is 4.76. The molecule has 0 saturated carbocycles. The molecule has 99 valence electrons. The van der Waals surface area contributed by atoms with E-state index in [4.69, 9.17) is 9.84 Å². The zero-order chi connectivity index (χ0) is 12.4. The van der Waals surface area contributed by atoms with Crippen LogP contribution >= 0.6 is 0 Å². The Morgan fingerprint density at radius 3 is 2.39 bits per heavy atom. The van der Waals surface area contributed by atoms with Gasteiger partial charge in [0.25, 0.3) is 0 Å². The minimum atomic E-state index is -0.808. The van der Waals surface area contributed by atoms with Crippen molar-refractivity contribution in [2.75, 3.05) is 7.11 Å². The monoisotopic (exact) mass is 293 g/mol. The first-order chi connectivity index (χ1) is 8.11. The molecule has 1 atom stereocenters. The van der Waals surface area contributed by atoms with Crippen LogP contribution in [-0.4, -0.2) is 18.2 Å². The standard InChI is InChI=1S/C14H14O3.Cu/c1-9(14(15)16)10-3-4-12-8-13(17-2)6-5-11(12)7-10;/h3-9H,1-2H3,(H,15,16);. The number of carbonyl (C=O) groups is 1. The molecule has 0 aliphatic heterocycles. The largest absolute Gasteiger partial charge is 0.497 e. The molecule has 0 amide bonds. The SMILES string of the molecule is COc1ccc2cc(C(C)C(=O)O)ccc2c1.[Cu]. The fourth-order valence-electron chi connectivity index (χ4n) is 1.78. The second-order valence-electron chi connectivity index (χ2n) is 4.03. The Balaban J connectivity index is 0.00000162. The maximum absolute atomic E-state index is 10.9. The van der Waals surface area contributed by atoms with Crippen LogP contribution in [0.25, 0.3) is 10.8 Å². The summed E-state index contributed by atoms with van der Waals surface area (Å²) in [6.07, 6.45) is 0. The number of carboxylic acid groups (broad SMARTS) is 1. The van der Waals surface area contributed by atoms with Crippen molar-refractivity contribution < 1.29 is 31.7 Å². The van der Waals surface area contributed by atoms with Crippen LogP contribution in [0, 0.1) is 0 Å². The van der Waals surface area contributed by atoms with E-state index in [1.165, 1.54) is 0 Å². The first kappa shape index (κ1) is 14.6. The van der Waals surface area contributed by atoms with Crippen molar-refractivity contribution in [1.82, 2.24) is 0 Å². The number of ether oxygens (including phenoxy) is 1. The molecular formula is C14H14CuO3. The van der Waals surface area contributed by atoms with Gasteiger partial charge in [0, 0.05) is 17.1 Å². The number of aliphatic carboxylic acids is 1. The number of fused-ring (bicyclic) bond motifs is 1. The minimum absolute atomic E-state index is 0. The fourth-order valence-corrected chi connectivity index (χ4v) is 1.78. The quantitative estimate of drug-likeness (QED) is 0.885. The minimum Gasteiger partial charge on any atom is -0.497 e. The molecule has 3 nitrogen and oxygen atoms in total. The van der Waals surface area contributed by atoms with Crippen molar-refractivity contribution in [1.29, 1.82) is 0 Å². The third kappa shape index (κ3) is 2.84. The van der Waals surface area contributed by atoms with Gasteiger partial charge in [-0.2, -0.15) is 0 Å². The van der Waals surface area contributed by atoms with Crippen molar-refractivity contribution in [3.63, 3.8) is 0 Å². The van der Waals surface area contributed by atoms with Crippen LogP contribution in [0.5, 0.6) is 5.75 Å². The predicted octanol–water partition coefficient (Wildman–Crippen LogP) is 3.03. The molecule has 0 saturated heterocycles. The van der Waals surface area contributed by atoms with E-state index in [1.807, 2.05) is 36.4 Å². The molecule has 0 aliphatic rings. The Morgan fingerprint density at radius 1 is 1.17 bits per heavy atom. The molecule has 4 heteroatoms. The Bertz CT molecular complexity index is 566. The van der Waals surface area contributed by atoms with Gasteiger partial charge in [0.1, 0.15) is 5.75 Å². The summed E-state index contributed by atoms with van der Waals surface area (Å²) in [5.41, 5.74) is 0.815. The van der Waals surface area contributed by atoms with E-state index in [0.717, 1.165) is 22.1 Å². The second kappa shape index (κ2) is 5.89. The van der Waals surface area contributed by atoms with E-state index in [9.17, 15) is 4.79 Å². The molecule has 2 aromatic rings. The first-order valence-electron chi connectivity index (χ1n) is 5.42. The predicted molar refractivity (Wildman–Crippen MR) is 66.6 cm³/mol. The number of hydrogen-bond donors (Lipinski definition) is 1. The van der Waals surface area contributed by atoms with Gasteiger partial charge in [-0.1, -0.05) is 24.3 Å². The zero-order valence-electron chi connectivity index (χ0n) is 10.1. The summed E-state index contributed by atoms with van der Waals surface area (Å²) in [6, 6.07) is 11.4. The normalized spacial score (nSPS) is 11.7.